The van der Waals surface area contributed by atoms with Crippen molar-refractivity contribution in [3.8, 4) is 17.2 Å². The number of ether oxygens (including phenoxy) is 1. The number of fused-ring (bicyclic) bond motifs is 4. The maximum absolute atomic E-state index is 14.0. The van der Waals surface area contributed by atoms with Crippen molar-refractivity contribution in [3.63, 3.8) is 0 Å². The normalized spacial score (nSPS) is 26.1. The fourth-order valence-corrected chi connectivity index (χ4v) is 6.88. The van der Waals surface area contributed by atoms with Gasteiger partial charge < -0.3 is 9.84 Å². The summed E-state index contributed by atoms with van der Waals surface area (Å²) in [7, 11) is 1.50. The first-order chi connectivity index (χ1) is 18.6. The number of hydrogen-bond acceptors (Lipinski definition) is 6. The number of aromatic hydroxyl groups is 1. The van der Waals surface area contributed by atoms with E-state index in [0.717, 1.165) is 10.1 Å². The first kappa shape index (κ1) is 24.9. The van der Waals surface area contributed by atoms with E-state index in [2.05, 4.69) is 0 Å². The third kappa shape index (κ3) is 3.25. The third-order valence-corrected chi connectivity index (χ3v) is 9.00. The monoisotopic (exact) mass is 527 g/mol. The summed E-state index contributed by atoms with van der Waals surface area (Å²) in [6.45, 7) is 5.24. The van der Waals surface area contributed by atoms with E-state index >= 15 is 0 Å². The van der Waals surface area contributed by atoms with Crippen LogP contribution < -0.4 is 16.1 Å². The highest BCUT2D eigenvalue weighted by molar-refractivity contribution is 6.15. The fourth-order valence-electron chi connectivity index (χ4n) is 6.88. The number of carbonyl (C=O) groups is 2. The molecule has 0 amide bonds. The van der Waals surface area contributed by atoms with Crippen LogP contribution in [-0.2, 0) is 16.1 Å². The van der Waals surface area contributed by atoms with Gasteiger partial charge in [-0.25, -0.2) is 23.5 Å². The predicted molar refractivity (Wildman–Crippen MR) is 143 cm³/mol. The average molecular weight is 528 g/mol. The second-order valence-corrected chi connectivity index (χ2v) is 10.8. The minimum absolute atomic E-state index is 0.0674. The van der Waals surface area contributed by atoms with E-state index in [-0.39, 0.29) is 30.3 Å². The second-order valence-electron chi connectivity index (χ2n) is 10.8. The fraction of sp³-hybridized carbons (Fsp3) is 0.333. The Hall–Kier alpha value is -4.40. The number of para-hydroxylation sites is 1. The van der Waals surface area contributed by atoms with Gasteiger partial charge in [-0.1, -0.05) is 37.3 Å². The number of hydrogen-bond donors (Lipinski definition) is 1. The summed E-state index contributed by atoms with van der Waals surface area (Å²) < 4.78 is 9.22. The van der Waals surface area contributed by atoms with Crippen LogP contribution >= 0.6 is 0 Å². The molecule has 1 aliphatic heterocycles. The van der Waals surface area contributed by atoms with Gasteiger partial charge in [-0.2, -0.15) is 0 Å². The molecule has 2 heterocycles. The number of carbonyl (C=O) groups excluding carboxylic acids is 2. The van der Waals surface area contributed by atoms with E-state index in [0.29, 0.717) is 28.1 Å². The molecule has 3 aromatic rings. The first-order valence-electron chi connectivity index (χ1n) is 12.9. The number of rotatable bonds is 3. The molecule has 2 aliphatic carbocycles. The minimum atomic E-state index is -1.19. The van der Waals surface area contributed by atoms with E-state index in [4.69, 9.17) is 4.74 Å². The third-order valence-electron chi connectivity index (χ3n) is 9.00. The van der Waals surface area contributed by atoms with Crippen molar-refractivity contribution in [2.45, 2.75) is 45.7 Å². The highest BCUT2D eigenvalue weighted by atomic mass is 16.5. The Morgan fingerprint density at radius 3 is 2.36 bits per heavy atom. The summed E-state index contributed by atoms with van der Waals surface area (Å²) in [4.78, 5) is 55.1. The number of aromatic nitrogens is 3. The van der Waals surface area contributed by atoms with E-state index in [1.165, 1.54) is 22.5 Å². The van der Waals surface area contributed by atoms with Gasteiger partial charge >= 0.3 is 11.4 Å². The maximum atomic E-state index is 14.0. The van der Waals surface area contributed by atoms with E-state index in [1.807, 2.05) is 6.08 Å². The summed E-state index contributed by atoms with van der Waals surface area (Å²) >= 11 is 0. The summed E-state index contributed by atoms with van der Waals surface area (Å²) in [5.41, 5.74) is 0.299. The number of phenols is 1. The molecule has 0 spiro atoms. The largest absolute Gasteiger partial charge is 0.508 e. The van der Waals surface area contributed by atoms with Gasteiger partial charge in [-0.15, -0.1) is 0 Å². The van der Waals surface area contributed by atoms with Crippen molar-refractivity contribution in [1.29, 1.82) is 0 Å². The Morgan fingerprint density at radius 1 is 0.974 bits per heavy atom. The molecule has 1 N–H and O–H groups in total. The number of allylic oxidation sites excluding steroid dienone is 4. The highest BCUT2D eigenvalue weighted by Crippen LogP contribution is 2.61. The Kier molecular flexibility index (Phi) is 5.47. The van der Waals surface area contributed by atoms with Gasteiger partial charge in [-0.3, -0.25) is 9.59 Å². The molecule has 9 heteroatoms. The highest BCUT2D eigenvalue weighted by Gasteiger charge is 2.60. The van der Waals surface area contributed by atoms with Crippen molar-refractivity contribution in [2.24, 2.45) is 11.3 Å². The van der Waals surface area contributed by atoms with Crippen molar-refractivity contribution in [1.82, 2.24) is 13.9 Å². The Balaban J connectivity index is 1.61. The molecule has 2 aromatic carbocycles. The van der Waals surface area contributed by atoms with Gasteiger partial charge in [0.2, 0.25) is 0 Å². The number of phenolic OH excluding ortho intramolecular Hbond substituents is 1. The SMILES string of the molecule is COc1ccc([C@H]2C3=CCn4c(=O)n(-c5ccccc5)c(=O)n4[C@@H]3C[C@H]3C(=O)C(C)=C(C)C(=O)[C@@]23C)c(O)c1. The van der Waals surface area contributed by atoms with Crippen LogP contribution in [0.15, 0.2) is 80.9 Å². The molecule has 6 rings (SSSR count). The molecule has 0 radical (unpaired) electrons. The van der Waals surface area contributed by atoms with Crippen LogP contribution in [0.3, 0.4) is 0 Å². The molecule has 4 atom stereocenters. The summed E-state index contributed by atoms with van der Waals surface area (Å²) in [5.74, 6) is -1.38. The van der Waals surface area contributed by atoms with E-state index < -0.39 is 34.7 Å². The molecule has 39 heavy (non-hydrogen) atoms. The van der Waals surface area contributed by atoms with Crippen LogP contribution in [0.25, 0.3) is 5.69 Å². The standard InChI is InChI=1S/C30H29N3O6/c1-16-17(2)27(36)30(3)22(26(16)35)15-23-20(25(30)21-11-10-19(39-4)14-24(21)34)12-13-31-28(37)32(29(38)33(23)31)18-8-6-5-7-9-18/h5-12,14,22-23,25,34H,13,15H2,1-4H3/t22-,23+,25+,30+/m0/s1. The Morgan fingerprint density at radius 2 is 1.69 bits per heavy atom. The van der Waals surface area contributed by atoms with Gasteiger partial charge in [0.25, 0.3) is 0 Å². The number of nitrogens with zero attached hydrogens (tertiary/aromatic N) is 3. The molecule has 1 aromatic heterocycles. The van der Waals surface area contributed by atoms with Gasteiger partial charge in [0.1, 0.15) is 11.5 Å². The molecular formula is C30H29N3O6. The second kappa shape index (κ2) is 8.56. The zero-order valence-corrected chi connectivity index (χ0v) is 22.2. The lowest BCUT2D eigenvalue weighted by atomic mass is 9.50. The number of ketones is 2. The van der Waals surface area contributed by atoms with E-state index in [1.54, 1.807) is 63.2 Å². The van der Waals surface area contributed by atoms with Gasteiger partial charge in [0.05, 0.1) is 30.8 Å². The number of Topliss-reactive ketones (excluding diaryl/α,β-unsaturated/α-hetero) is 2. The summed E-state index contributed by atoms with van der Waals surface area (Å²) in [6.07, 6.45) is 2.05. The molecular weight excluding hydrogens is 498 g/mol. The Labute approximate surface area is 224 Å². The lowest BCUT2D eigenvalue weighted by molar-refractivity contribution is -0.140. The van der Waals surface area contributed by atoms with Crippen LogP contribution in [0.1, 0.15) is 44.7 Å². The van der Waals surface area contributed by atoms with Gasteiger partial charge in [0, 0.05) is 23.5 Å². The topological polar surface area (TPSA) is 113 Å². The smallest absolute Gasteiger partial charge is 0.352 e. The molecule has 0 bridgehead atoms. The zero-order chi connectivity index (χ0) is 27.8. The van der Waals surface area contributed by atoms with E-state index in [9.17, 15) is 24.3 Å². The molecule has 0 unspecified atom stereocenters. The molecule has 1 saturated carbocycles. The average Bonchev–Trinajstić information content (AvgIpc) is 3.20. The quantitative estimate of drug-likeness (QED) is 0.523. The van der Waals surface area contributed by atoms with Crippen molar-refractivity contribution >= 4 is 11.6 Å². The molecule has 9 nitrogen and oxygen atoms in total. The summed E-state index contributed by atoms with van der Waals surface area (Å²) in [6, 6.07) is 12.9. The zero-order valence-electron chi connectivity index (χ0n) is 22.2. The first-order valence-corrected chi connectivity index (χ1v) is 12.9. The van der Waals surface area contributed by atoms with Crippen LogP contribution in [-0.4, -0.2) is 37.7 Å². The van der Waals surface area contributed by atoms with Crippen molar-refractivity contribution in [2.75, 3.05) is 7.11 Å². The van der Waals surface area contributed by atoms with Crippen LogP contribution in [0.2, 0.25) is 0 Å². The molecule has 0 saturated heterocycles. The predicted octanol–water partition coefficient (Wildman–Crippen LogP) is 3.29. The molecule has 3 aliphatic rings. The molecule has 1 fully saturated rings. The van der Waals surface area contributed by atoms with Crippen LogP contribution in [0.5, 0.6) is 11.5 Å². The number of benzene rings is 2. The van der Waals surface area contributed by atoms with Gasteiger partial charge in [-0.05, 0) is 55.2 Å². The summed E-state index contributed by atoms with van der Waals surface area (Å²) in [5, 5.41) is 11.1. The van der Waals surface area contributed by atoms with Crippen LogP contribution in [0.4, 0.5) is 0 Å². The molecule has 200 valence electrons. The lowest BCUT2D eigenvalue weighted by Crippen LogP contribution is -2.55. The van der Waals surface area contributed by atoms with Crippen molar-refractivity contribution in [3.05, 3.63) is 97.9 Å². The Bertz CT molecular complexity index is 1740. The number of methoxy groups -OCH3 is 1. The van der Waals surface area contributed by atoms with Gasteiger partial charge in [0.15, 0.2) is 11.6 Å². The van der Waals surface area contributed by atoms with Crippen LogP contribution in [0, 0.1) is 11.3 Å². The lowest BCUT2D eigenvalue weighted by Gasteiger charge is -2.53. The van der Waals surface area contributed by atoms with Crippen molar-refractivity contribution < 1.29 is 19.4 Å². The minimum Gasteiger partial charge on any atom is -0.508 e. The maximum Gasteiger partial charge on any atom is 0.352 e.